The summed E-state index contributed by atoms with van der Waals surface area (Å²) in [5.74, 6) is 1.33. The SMILES string of the molecule is COc1ccc(CC(=O)NC2CCCC2CN)cc1.Cl. The first kappa shape index (κ1) is 16.8. The van der Waals surface area contributed by atoms with Gasteiger partial charge in [-0.3, -0.25) is 4.79 Å². The van der Waals surface area contributed by atoms with E-state index in [0.717, 1.165) is 30.6 Å². The van der Waals surface area contributed by atoms with Gasteiger partial charge in [0, 0.05) is 6.04 Å². The maximum absolute atomic E-state index is 12.0. The van der Waals surface area contributed by atoms with E-state index in [-0.39, 0.29) is 24.4 Å². The summed E-state index contributed by atoms with van der Waals surface area (Å²) < 4.78 is 5.10. The molecule has 1 saturated carbocycles. The predicted molar refractivity (Wildman–Crippen MR) is 82.3 cm³/mol. The molecule has 4 nitrogen and oxygen atoms in total. The number of benzene rings is 1. The summed E-state index contributed by atoms with van der Waals surface area (Å²) in [6.45, 7) is 0.660. The molecule has 0 aromatic heterocycles. The van der Waals surface area contributed by atoms with Crippen LogP contribution in [0, 0.1) is 5.92 Å². The molecule has 0 spiro atoms. The Balaban J connectivity index is 0.00000200. The Morgan fingerprint density at radius 1 is 1.35 bits per heavy atom. The maximum Gasteiger partial charge on any atom is 0.224 e. The van der Waals surface area contributed by atoms with Crippen molar-refractivity contribution in [2.24, 2.45) is 11.7 Å². The molecule has 0 bridgehead atoms. The van der Waals surface area contributed by atoms with Crippen molar-refractivity contribution in [2.75, 3.05) is 13.7 Å². The van der Waals surface area contributed by atoms with Gasteiger partial charge in [0.1, 0.15) is 5.75 Å². The molecular formula is C15H23ClN2O2. The van der Waals surface area contributed by atoms with Gasteiger partial charge >= 0.3 is 0 Å². The van der Waals surface area contributed by atoms with Crippen molar-refractivity contribution < 1.29 is 9.53 Å². The van der Waals surface area contributed by atoms with Crippen LogP contribution in [0.15, 0.2) is 24.3 Å². The highest BCUT2D eigenvalue weighted by molar-refractivity contribution is 5.85. The number of hydrogen-bond donors (Lipinski definition) is 2. The molecule has 20 heavy (non-hydrogen) atoms. The molecule has 112 valence electrons. The van der Waals surface area contributed by atoms with E-state index in [1.165, 1.54) is 0 Å². The number of rotatable bonds is 5. The van der Waals surface area contributed by atoms with Gasteiger partial charge in [-0.2, -0.15) is 0 Å². The van der Waals surface area contributed by atoms with Crippen molar-refractivity contribution in [3.8, 4) is 5.75 Å². The Kier molecular flexibility index (Phi) is 6.82. The Hall–Kier alpha value is -1.26. The second kappa shape index (κ2) is 8.12. The van der Waals surface area contributed by atoms with Crippen LogP contribution in [0.25, 0.3) is 0 Å². The molecule has 1 amide bonds. The molecule has 1 aromatic rings. The van der Waals surface area contributed by atoms with Crippen LogP contribution in [0.1, 0.15) is 24.8 Å². The molecule has 2 atom stereocenters. The number of carbonyl (C=O) groups excluding carboxylic acids is 1. The minimum atomic E-state index is 0. The molecule has 0 saturated heterocycles. The van der Waals surface area contributed by atoms with Crippen LogP contribution >= 0.6 is 12.4 Å². The van der Waals surface area contributed by atoms with Crippen LogP contribution in [0.2, 0.25) is 0 Å². The minimum Gasteiger partial charge on any atom is -0.497 e. The fourth-order valence-electron chi connectivity index (χ4n) is 2.70. The van der Waals surface area contributed by atoms with Crippen LogP contribution in [0.5, 0.6) is 5.75 Å². The van der Waals surface area contributed by atoms with E-state index in [0.29, 0.717) is 18.9 Å². The van der Waals surface area contributed by atoms with Gasteiger partial charge in [0.15, 0.2) is 0 Å². The second-order valence-electron chi connectivity index (χ2n) is 5.13. The average molecular weight is 299 g/mol. The Morgan fingerprint density at radius 3 is 2.65 bits per heavy atom. The Bertz CT molecular complexity index is 422. The third kappa shape index (κ3) is 4.39. The Labute approximate surface area is 126 Å². The lowest BCUT2D eigenvalue weighted by atomic mass is 10.0. The average Bonchev–Trinajstić information content (AvgIpc) is 2.86. The number of hydrogen-bond acceptors (Lipinski definition) is 3. The highest BCUT2D eigenvalue weighted by atomic mass is 35.5. The molecule has 5 heteroatoms. The van der Waals surface area contributed by atoms with Gasteiger partial charge in [-0.1, -0.05) is 18.6 Å². The monoisotopic (exact) mass is 298 g/mol. The molecule has 3 N–H and O–H groups in total. The lowest BCUT2D eigenvalue weighted by Crippen LogP contribution is -2.40. The lowest BCUT2D eigenvalue weighted by molar-refractivity contribution is -0.121. The zero-order chi connectivity index (χ0) is 13.7. The minimum absolute atomic E-state index is 0. The van der Waals surface area contributed by atoms with Crippen molar-refractivity contribution >= 4 is 18.3 Å². The number of nitrogens with two attached hydrogens (primary N) is 1. The molecule has 1 fully saturated rings. The van der Waals surface area contributed by atoms with Crippen LogP contribution in [0.4, 0.5) is 0 Å². The number of carbonyl (C=O) groups is 1. The van der Waals surface area contributed by atoms with Gasteiger partial charge in [0.2, 0.25) is 5.91 Å². The van der Waals surface area contributed by atoms with Gasteiger partial charge in [-0.05, 0) is 43.0 Å². The quantitative estimate of drug-likeness (QED) is 0.873. The number of halogens is 1. The first-order valence-corrected chi connectivity index (χ1v) is 6.85. The molecule has 1 aliphatic rings. The largest absolute Gasteiger partial charge is 0.497 e. The summed E-state index contributed by atoms with van der Waals surface area (Å²) in [5.41, 5.74) is 6.72. The van der Waals surface area contributed by atoms with E-state index in [1.54, 1.807) is 7.11 Å². The normalized spacial score (nSPS) is 21.1. The van der Waals surface area contributed by atoms with Crippen LogP contribution in [0.3, 0.4) is 0 Å². The van der Waals surface area contributed by atoms with Crippen LogP contribution in [-0.4, -0.2) is 25.6 Å². The Morgan fingerprint density at radius 2 is 2.05 bits per heavy atom. The first-order valence-electron chi connectivity index (χ1n) is 6.85. The summed E-state index contributed by atoms with van der Waals surface area (Å²) in [4.78, 5) is 12.0. The molecule has 1 aromatic carbocycles. The summed E-state index contributed by atoms with van der Waals surface area (Å²) in [5, 5.41) is 3.11. The fourth-order valence-corrected chi connectivity index (χ4v) is 2.70. The molecule has 0 radical (unpaired) electrons. The number of amides is 1. The topological polar surface area (TPSA) is 64.3 Å². The van der Waals surface area contributed by atoms with Crippen molar-refractivity contribution in [3.05, 3.63) is 29.8 Å². The van der Waals surface area contributed by atoms with Gasteiger partial charge in [0.25, 0.3) is 0 Å². The predicted octanol–water partition coefficient (Wildman–Crippen LogP) is 1.90. The van der Waals surface area contributed by atoms with E-state index in [4.69, 9.17) is 10.5 Å². The van der Waals surface area contributed by atoms with E-state index in [2.05, 4.69) is 5.32 Å². The highest BCUT2D eigenvalue weighted by Crippen LogP contribution is 2.24. The third-order valence-electron chi connectivity index (χ3n) is 3.83. The van der Waals surface area contributed by atoms with Gasteiger partial charge in [-0.25, -0.2) is 0 Å². The van der Waals surface area contributed by atoms with E-state index >= 15 is 0 Å². The third-order valence-corrected chi connectivity index (χ3v) is 3.83. The van der Waals surface area contributed by atoms with Crippen LogP contribution in [-0.2, 0) is 11.2 Å². The summed E-state index contributed by atoms with van der Waals surface area (Å²) in [6, 6.07) is 7.86. The van der Waals surface area contributed by atoms with E-state index in [1.807, 2.05) is 24.3 Å². The molecule has 0 aliphatic heterocycles. The molecular weight excluding hydrogens is 276 g/mol. The summed E-state index contributed by atoms with van der Waals surface area (Å²) in [7, 11) is 1.63. The maximum atomic E-state index is 12.0. The second-order valence-corrected chi connectivity index (χ2v) is 5.13. The zero-order valence-electron chi connectivity index (χ0n) is 11.8. The smallest absolute Gasteiger partial charge is 0.224 e. The van der Waals surface area contributed by atoms with Gasteiger partial charge in [-0.15, -0.1) is 12.4 Å². The molecule has 0 heterocycles. The molecule has 2 rings (SSSR count). The van der Waals surface area contributed by atoms with Gasteiger partial charge in [0.05, 0.1) is 13.5 Å². The lowest BCUT2D eigenvalue weighted by Gasteiger charge is -2.19. The fraction of sp³-hybridized carbons (Fsp3) is 0.533. The van der Waals surface area contributed by atoms with Crippen LogP contribution < -0.4 is 15.8 Å². The first-order chi connectivity index (χ1) is 9.22. The zero-order valence-corrected chi connectivity index (χ0v) is 12.6. The summed E-state index contributed by atoms with van der Waals surface area (Å²) in [6.07, 6.45) is 3.76. The summed E-state index contributed by atoms with van der Waals surface area (Å²) >= 11 is 0. The van der Waals surface area contributed by atoms with Crippen molar-refractivity contribution in [1.29, 1.82) is 0 Å². The number of methoxy groups -OCH3 is 1. The van der Waals surface area contributed by atoms with Crippen molar-refractivity contribution in [1.82, 2.24) is 5.32 Å². The molecule has 2 unspecified atom stereocenters. The standard InChI is InChI=1S/C15H22N2O2.ClH/c1-19-13-7-5-11(6-8-13)9-15(18)17-14-4-2-3-12(14)10-16;/h5-8,12,14H,2-4,9-10,16H2,1H3,(H,17,18);1H. The molecule has 1 aliphatic carbocycles. The van der Waals surface area contributed by atoms with E-state index in [9.17, 15) is 4.79 Å². The number of ether oxygens (including phenoxy) is 1. The van der Waals surface area contributed by atoms with E-state index < -0.39 is 0 Å². The van der Waals surface area contributed by atoms with Gasteiger partial charge < -0.3 is 15.8 Å². The number of nitrogens with one attached hydrogen (secondary N) is 1. The van der Waals surface area contributed by atoms with Crippen molar-refractivity contribution in [3.63, 3.8) is 0 Å². The van der Waals surface area contributed by atoms with Crippen molar-refractivity contribution in [2.45, 2.75) is 31.7 Å². The highest BCUT2D eigenvalue weighted by Gasteiger charge is 2.27.